The molecule has 6 nitrogen and oxygen atoms in total. The fourth-order valence-electron chi connectivity index (χ4n) is 1.32. The molecule has 2 rings (SSSR count). The number of carbonyl (C=O) groups is 1. The highest BCUT2D eigenvalue weighted by molar-refractivity contribution is 5.93. The lowest BCUT2D eigenvalue weighted by molar-refractivity contribution is 0.0953. The minimum Gasteiger partial charge on any atom is -0.397 e. The Morgan fingerprint density at radius 3 is 2.18 bits per heavy atom. The van der Waals surface area contributed by atoms with Gasteiger partial charge in [0.15, 0.2) is 0 Å². The number of nitrogens with zero attached hydrogens (tertiary/aromatic N) is 2. The van der Waals surface area contributed by atoms with Crippen LogP contribution < -0.4 is 17.0 Å². The van der Waals surface area contributed by atoms with Gasteiger partial charge in [-0.25, -0.2) is 5.84 Å². The molecule has 17 heavy (non-hydrogen) atoms. The molecular weight excluding hydrogens is 218 g/mol. The van der Waals surface area contributed by atoms with E-state index in [-0.39, 0.29) is 5.91 Å². The van der Waals surface area contributed by atoms with Gasteiger partial charge in [0.25, 0.3) is 5.91 Å². The van der Waals surface area contributed by atoms with Gasteiger partial charge in [-0.15, -0.1) is 0 Å². The van der Waals surface area contributed by atoms with Crippen LogP contribution in [-0.4, -0.2) is 15.9 Å². The van der Waals surface area contributed by atoms with E-state index in [1.807, 2.05) is 5.43 Å². The van der Waals surface area contributed by atoms with Gasteiger partial charge in [0.2, 0.25) is 0 Å². The molecule has 0 spiro atoms. The Morgan fingerprint density at radius 2 is 1.71 bits per heavy atom. The highest BCUT2D eigenvalue weighted by atomic mass is 16.2. The molecule has 0 saturated carbocycles. The first-order valence-electron chi connectivity index (χ1n) is 4.89. The van der Waals surface area contributed by atoms with Crippen molar-refractivity contribution in [3.63, 3.8) is 0 Å². The Bertz CT molecular complexity index is 521. The topological polar surface area (TPSA) is 107 Å². The molecule has 2 aromatic rings. The number of nitrogens with one attached hydrogen (secondary N) is 1. The zero-order chi connectivity index (χ0) is 12.3. The maximum absolute atomic E-state index is 11.2. The van der Waals surface area contributed by atoms with Crippen molar-refractivity contribution in [1.29, 1.82) is 0 Å². The molecule has 0 aliphatic rings. The summed E-state index contributed by atoms with van der Waals surface area (Å²) in [6.07, 6.45) is 2.99. The van der Waals surface area contributed by atoms with Gasteiger partial charge >= 0.3 is 0 Å². The zero-order valence-corrected chi connectivity index (χ0v) is 8.92. The van der Waals surface area contributed by atoms with E-state index in [1.165, 1.54) is 6.20 Å². The van der Waals surface area contributed by atoms with Gasteiger partial charge in [-0.1, -0.05) is 0 Å². The van der Waals surface area contributed by atoms with Crippen LogP contribution in [0.5, 0.6) is 0 Å². The number of carbonyl (C=O) groups excluding carboxylic acids is 1. The molecule has 0 saturated heterocycles. The van der Waals surface area contributed by atoms with E-state index in [9.17, 15) is 4.79 Å². The van der Waals surface area contributed by atoms with Crippen LogP contribution >= 0.6 is 0 Å². The van der Waals surface area contributed by atoms with Crippen molar-refractivity contribution in [3.8, 4) is 11.4 Å². The molecule has 0 aliphatic carbocycles. The second kappa shape index (κ2) is 4.58. The van der Waals surface area contributed by atoms with Gasteiger partial charge < -0.3 is 5.73 Å². The molecular formula is C11H11N5O. The molecule has 0 aliphatic heterocycles. The number of amides is 1. The summed E-state index contributed by atoms with van der Waals surface area (Å²) >= 11 is 0. The summed E-state index contributed by atoms with van der Waals surface area (Å²) in [5, 5.41) is 0. The fourth-order valence-corrected chi connectivity index (χ4v) is 1.32. The molecule has 1 amide bonds. The van der Waals surface area contributed by atoms with Crippen LogP contribution in [0, 0.1) is 0 Å². The van der Waals surface area contributed by atoms with Crippen LogP contribution in [-0.2, 0) is 0 Å². The van der Waals surface area contributed by atoms with E-state index >= 15 is 0 Å². The molecule has 0 aromatic carbocycles. The average Bonchev–Trinajstić information content (AvgIpc) is 2.39. The first-order chi connectivity index (χ1) is 8.20. The third kappa shape index (κ3) is 2.37. The van der Waals surface area contributed by atoms with Crippen LogP contribution in [0.4, 0.5) is 5.69 Å². The standard InChI is InChI=1S/C11H11N5O/c12-8-2-4-10(15-6-8)9-3-1-7(5-14-9)11(17)16-13/h1-6H,12-13H2,(H,16,17). The largest absolute Gasteiger partial charge is 0.397 e. The van der Waals surface area contributed by atoms with Crippen molar-refractivity contribution < 1.29 is 4.79 Å². The molecule has 0 fully saturated rings. The third-order valence-electron chi connectivity index (χ3n) is 2.21. The number of hydrazine groups is 1. The average molecular weight is 229 g/mol. The van der Waals surface area contributed by atoms with E-state index in [1.54, 1.807) is 30.5 Å². The van der Waals surface area contributed by atoms with Gasteiger partial charge in [-0.05, 0) is 24.3 Å². The van der Waals surface area contributed by atoms with E-state index in [4.69, 9.17) is 11.6 Å². The smallest absolute Gasteiger partial charge is 0.266 e. The molecule has 2 aromatic heterocycles. The highest BCUT2D eigenvalue weighted by Gasteiger charge is 2.05. The monoisotopic (exact) mass is 229 g/mol. The molecule has 0 bridgehead atoms. The minimum atomic E-state index is -0.380. The summed E-state index contributed by atoms with van der Waals surface area (Å²) in [6.45, 7) is 0. The second-order valence-corrected chi connectivity index (χ2v) is 3.38. The van der Waals surface area contributed by atoms with E-state index in [0.29, 0.717) is 22.6 Å². The third-order valence-corrected chi connectivity index (χ3v) is 2.21. The van der Waals surface area contributed by atoms with Crippen LogP contribution in [0.15, 0.2) is 36.7 Å². The first-order valence-corrected chi connectivity index (χ1v) is 4.89. The summed E-state index contributed by atoms with van der Waals surface area (Å²) in [5.41, 5.74) is 9.92. The second-order valence-electron chi connectivity index (χ2n) is 3.38. The summed E-state index contributed by atoms with van der Waals surface area (Å²) < 4.78 is 0. The SMILES string of the molecule is NNC(=O)c1ccc(-c2ccc(N)cn2)nc1. The molecule has 0 unspecified atom stereocenters. The van der Waals surface area contributed by atoms with Gasteiger partial charge in [-0.2, -0.15) is 0 Å². The lowest BCUT2D eigenvalue weighted by Crippen LogP contribution is -2.30. The van der Waals surface area contributed by atoms with E-state index < -0.39 is 0 Å². The summed E-state index contributed by atoms with van der Waals surface area (Å²) in [5.74, 6) is 4.64. The maximum atomic E-state index is 11.2. The van der Waals surface area contributed by atoms with Crippen molar-refractivity contribution in [3.05, 3.63) is 42.2 Å². The number of nitrogen functional groups attached to an aromatic ring is 2. The molecule has 6 heteroatoms. The normalized spacial score (nSPS) is 9.94. The number of hydrogen-bond donors (Lipinski definition) is 3. The Kier molecular flexibility index (Phi) is 2.97. The minimum absolute atomic E-state index is 0.380. The number of pyridine rings is 2. The predicted molar refractivity (Wildman–Crippen MR) is 63.5 cm³/mol. The quantitative estimate of drug-likeness (QED) is 0.391. The van der Waals surface area contributed by atoms with Crippen molar-refractivity contribution in [1.82, 2.24) is 15.4 Å². The Morgan fingerprint density at radius 1 is 1.06 bits per heavy atom. The number of nitrogens with two attached hydrogens (primary N) is 2. The van der Waals surface area contributed by atoms with E-state index in [2.05, 4.69) is 9.97 Å². The molecule has 86 valence electrons. The number of anilines is 1. The van der Waals surface area contributed by atoms with Crippen molar-refractivity contribution in [2.45, 2.75) is 0 Å². The number of aromatic nitrogens is 2. The number of hydrogen-bond acceptors (Lipinski definition) is 5. The van der Waals surface area contributed by atoms with Gasteiger partial charge in [0, 0.05) is 6.20 Å². The summed E-state index contributed by atoms with van der Waals surface area (Å²) in [6, 6.07) is 6.83. The fraction of sp³-hybridized carbons (Fsp3) is 0. The Labute approximate surface area is 97.7 Å². The van der Waals surface area contributed by atoms with Crippen molar-refractivity contribution in [2.24, 2.45) is 5.84 Å². The molecule has 0 radical (unpaired) electrons. The molecule has 0 atom stereocenters. The van der Waals surface area contributed by atoms with Crippen LogP contribution in [0.1, 0.15) is 10.4 Å². The summed E-state index contributed by atoms with van der Waals surface area (Å²) in [4.78, 5) is 19.5. The Balaban J connectivity index is 2.29. The van der Waals surface area contributed by atoms with Crippen molar-refractivity contribution in [2.75, 3.05) is 5.73 Å². The lowest BCUT2D eigenvalue weighted by atomic mass is 10.2. The van der Waals surface area contributed by atoms with Gasteiger partial charge in [-0.3, -0.25) is 20.2 Å². The van der Waals surface area contributed by atoms with Crippen LogP contribution in [0.2, 0.25) is 0 Å². The van der Waals surface area contributed by atoms with Crippen molar-refractivity contribution >= 4 is 11.6 Å². The highest BCUT2D eigenvalue weighted by Crippen LogP contribution is 2.15. The van der Waals surface area contributed by atoms with E-state index in [0.717, 1.165) is 0 Å². The van der Waals surface area contributed by atoms with Crippen LogP contribution in [0.25, 0.3) is 11.4 Å². The predicted octanol–water partition coefficient (Wildman–Crippen LogP) is 0.329. The Hall–Kier alpha value is -2.47. The first kappa shape index (κ1) is 11.0. The zero-order valence-electron chi connectivity index (χ0n) is 8.92. The van der Waals surface area contributed by atoms with Gasteiger partial charge in [0.05, 0.1) is 28.8 Å². The maximum Gasteiger partial charge on any atom is 0.266 e. The van der Waals surface area contributed by atoms with Gasteiger partial charge in [0.1, 0.15) is 0 Å². The lowest BCUT2D eigenvalue weighted by Gasteiger charge is -2.02. The van der Waals surface area contributed by atoms with Crippen LogP contribution in [0.3, 0.4) is 0 Å². The molecule has 5 N–H and O–H groups in total. The summed E-state index contributed by atoms with van der Waals surface area (Å²) in [7, 11) is 0. The number of rotatable bonds is 2. The molecule has 2 heterocycles.